The normalized spacial score (nSPS) is 13.5. The molecule has 3 aromatic carbocycles. The van der Waals surface area contributed by atoms with Gasteiger partial charge in [0, 0.05) is 24.7 Å². The molecule has 1 saturated heterocycles. The first-order valence-electron chi connectivity index (χ1n) is 11.3. The van der Waals surface area contributed by atoms with Crippen molar-refractivity contribution in [3.05, 3.63) is 101 Å². The number of likely N-dealkylation sites (tertiary alicyclic amines) is 1. The van der Waals surface area contributed by atoms with E-state index in [-0.39, 0.29) is 5.92 Å². The fourth-order valence-electron chi connectivity index (χ4n) is 3.78. The summed E-state index contributed by atoms with van der Waals surface area (Å²) in [5.41, 5.74) is 7.24. The van der Waals surface area contributed by atoms with E-state index in [4.69, 9.17) is 15.6 Å². The van der Waals surface area contributed by atoms with Crippen LogP contribution in [-0.2, 0) is 13.0 Å². The molecular weight excluding hydrogens is 454 g/mol. The van der Waals surface area contributed by atoms with Gasteiger partial charge in [0.1, 0.15) is 24.0 Å². The molecule has 0 bridgehead atoms. The number of nitrogens with two attached hydrogens (primary N) is 1. The highest BCUT2D eigenvalue weighted by Gasteiger charge is 2.23. The summed E-state index contributed by atoms with van der Waals surface area (Å²) in [6.07, 6.45) is 1.09. The van der Waals surface area contributed by atoms with Gasteiger partial charge in [0.25, 0.3) is 0 Å². The van der Waals surface area contributed by atoms with Crippen LogP contribution >= 0.6 is 0 Å². The van der Waals surface area contributed by atoms with Gasteiger partial charge in [-0.2, -0.15) is 0 Å². The first kappa shape index (κ1) is 25.7. The third-order valence-electron chi connectivity index (χ3n) is 5.80. The number of nitrogens with zero attached hydrogens (tertiary/aromatic N) is 1. The van der Waals surface area contributed by atoms with Crippen molar-refractivity contribution in [1.82, 2.24) is 4.90 Å². The maximum absolute atomic E-state index is 13.5. The van der Waals surface area contributed by atoms with Gasteiger partial charge in [-0.1, -0.05) is 36.4 Å². The summed E-state index contributed by atoms with van der Waals surface area (Å²) in [6, 6.07) is 20.3. The van der Waals surface area contributed by atoms with Crippen molar-refractivity contribution in [3.63, 3.8) is 0 Å². The largest absolute Gasteiger partial charge is 0.489 e. The van der Waals surface area contributed by atoms with Crippen LogP contribution in [-0.4, -0.2) is 35.1 Å². The van der Waals surface area contributed by atoms with E-state index in [1.807, 2.05) is 30.3 Å². The number of hydrogen-bond donors (Lipinski definition) is 2. The summed E-state index contributed by atoms with van der Waals surface area (Å²) in [6.45, 7) is 1.49. The van der Waals surface area contributed by atoms with Crippen molar-refractivity contribution in [3.8, 4) is 5.75 Å². The molecule has 0 radical (unpaired) electrons. The Morgan fingerprint density at radius 2 is 1.63 bits per heavy atom. The first-order valence-corrected chi connectivity index (χ1v) is 11.3. The average Bonchev–Trinajstić information content (AvgIpc) is 2.86. The molecule has 0 aliphatic carbocycles. The highest BCUT2D eigenvalue weighted by Crippen LogP contribution is 2.23. The van der Waals surface area contributed by atoms with Crippen molar-refractivity contribution in [2.75, 3.05) is 13.1 Å². The lowest BCUT2D eigenvalue weighted by Gasteiger charge is -2.30. The van der Waals surface area contributed by atoms with Crippen LogP contribution in [0.25, 0.3) is 0 Å². The fourth-order valence-corrected chi connectivity index (χ4v) is 3.78. The van der Waals surface area contributed by atoms with E-state index in [9.17, 15) is 18.4 Å². The van der Waals surface area contributed by atoms with Gasteiger partial charge in [0.15, 0.2) is 0 Å². The molecule has 4 rings (SSSR count). The van der Waals surface area contributed by atoms with Gasteiger partial charge >= 0.3 is 6.09 Å². The van der Waals surface area contributed by atoms with E-state index in [0.29, 0.717) is 37.2 Å². The second kappa shape index (κ2) is 12.5. The van der Waals surface area contributed by atoms with E-state index in [0.717, 1.165) is 30.2 Å². The molecular formula is C27H28F2N2O4. The molecule has 0 saturated carbocycles. The molecule has 3 aromatic rings. The predicted molar refractivity (Wildman–Crippen MR) is 128 cm³/mol. The molecule has 1 fully saturated rings. The molecule has 0 aromatic heterocycles. The molecule has 0 atom stereocenters. The second-order valence-electron chi connectivity index (χ2n) is 8.32. The minimum atomic E-state index is -0.901. The van der Waals surface area contributed by atoms with Gasteiger partial charge in [-0.25, -0.2) is 13.6 Å². The second-order valence-corrected chi connectivity index (χ2v) is 8.32. The molecule has 1 aliphatic heterocycles. The number of piperidine rings is 1. The molecule has 3 N–H and O–H groups in total. The Balaban J connectivity index is 0.000000196. The van der Waals surface area contributed by atoms with Crippen LogP contribution in [0.15, 0.2) is 72.8 Å². The Morgan fingerprint density at radius 1 is 0.971 bits per heavy atom. The topological polar surface area (TPSA) is 92.9 Å². The highest BCUT2D eigenvalue weighted by atomic mass is 19.1. The standard InChI is InChI=1S/C14H13NO2.C13H15F2NO2/c15-14(16)12-6-8-13(9-7-12)17-10-11-4-2-1-3-5-11;14-11-2-1-10(12(15)8-11)7-9-3-5-16(6-4-9)13(17)18/h1-9H,10H2,(H2,15,16);1-2,8-9H,3-7H2,(H,17,18). The third kappa shape index (κ3) is 8.10. The minimum absolute atomic E-state index is 0.264. The van der Waals surface area contributed by atoms with Crippen LogP contribution in [0.3, 0.4) is 0 Å². The van der Waals surface area contributed by atoms with Crippen LogP contribution in [0.1, 0.15) is 34.3 Å². The molecule has 6 nitrogen and oxygen atoms in total. The Kier molecular flexibility index (Phi) is 9.17. The summed E-state index contributed by atoms with van der Waals surface area (Å²) in [5.74, 6) is -0.536. The molecule has 184 valence electrons. The van der Waals surface area contributed by atoms with E-state index < -0.39 is 23.6 Å². The number of carbonyl (C=O) groups excluding carboxylic acids is 1. The molecule has 1 heterocycles. The lowest BCUT2D eigenvalue weighted by atomic mass is 9.90. The summed E-state index contributed by atoms with van der Waals surface area (Å²) in [5, 5.41) is 8.81. The zero-order valence-electron chi connectivity index (χ0n) is 19.2. The Labute approximate surface area is 202 Å². The van der Waals surface area contributed by atoms with Gasteiger partial charge in [-0.15, -0.1) is 0 Å². The van der Waals surface area contributed by atoms with Gasteiger partial charge in [0.05, 0.1) is 0 Å². The number of benzene rings is 3. The number of carbonyl (C=O) groups is 2. The molecule has 0 unspecified atom stereocenters. The summed E-state index contributed by atoms with van der Waals surface area (Å²) < 4.78 is 31.8. The van der Waals surface area contributed by atoms with E-state index in [1.165, 1.54) is 17.0 Å². The number of carboxylic acid groups (broad SMARTS) is 1. The third-order valence-corrected chi connectivity index (χ3v) is 5.80. The van der Waals surface area contributed by atoms with Crippen LogP contribution in [0, 0.1) is 17.6 Å². The number of halogens is 2. The quantitative estimate of drug-likeness (QED) is 0.501. The maximum atomic E-state index is 13.5. The predicted octanol–water partition coefficient (Wildman–Crippen LogP) is 5.26. The molecule has 2 amide bonds. The van der Waals surface area contributed by atoms with Gasteiger partial charge in [-0.3, -0.25) is 4.79 Å². The van der Waals surface area contributed by atoms with Crippen molar-refractivity contribution in [2.24, 2.45) is 11.7 Å². The number of ether oxygens (including phenoxy) is 1. The monoisotopic (exact) mass is 482 g/mol. The Morgan fingerprint density at radius 3 is 2.20 bits per heavy atom. The molecule has 35 heavy (non-hydrogen) atoms. The Hall–Kier alpha value is -3.94. The van der Waals surface area contributed by atoms with Gasteiger partial charge in [0.2, 0.25) is 5.91 Å². The van der Waals surface area contributed by atoms with Gasteiger partial charge in [-0.05, 0) is 66.6 Å². The van der Waals surface area contributed by atoms with Gasteiger partial charge < -0.3 is 20.5 Å². The number of rotatable bonds is 6. The molecule has 0 spiro atoms. The summed E-state index contributed by atoms with van der Waals surface area (Å²) in [4.78, 5) is 23.0. The lowest BCUT2D eigenvalue weighted by molar-refractivity contribution is 0.1000. The van der Waals surface area contributed by atoms with Crippen LogP contribution < -0.4 is 10.5 Å². The average molecular weight is 483 g/mol. The van der Waals surface area contributed by atoms with Crippen LogP contribution in [0.4, 0.5) is 13.6 Å². The van der Waals surface area contributed by atoms with Crippen LogP contribution in [0.2, 0.25) is 0 Å². The Bertz CT molecular complexity index is 1120. The minimum Gasteiger partial charge on any atom is -0.489 e. The van der Waals surface area contributed by atoms with E-state index >= 15 is 0 Å². The molecule has 8 heteroatoms. The fraction of sp³-hybridized carbons (Fsp3) is 0.259. The smallest absolute Gasteiger partial charge is 0.407 e. The number of primary amides is 1. The summed E-state index contributed by atoms with van der Waals surface area (Å²) in [7, 11) is 0. The molecule has 1 aliphatic rings. The summed E-state index contributed by atoms with van der Waals surface area (Å²) >= 11 is 0. The van der Waals surface area contributed by atoms with Crippen LogP contribution in [0.5, 0.6) is 5.75 Å². The number of amides is 2. The first-order chi connectivity index (χ1) is 16.8. The maximum Gasteiger partial charge on any atom is 0.407 e. The van der Waals surface area contributed by atoms with Crippen molar-refractivity contribution in [2.45, 2.75) is 25.9 Å². The SMILES string of the molecule is NC(=O)c1ccc(OCc2ccccc2)cc1.O=C(O)N1CCC(Cc2ccc(F)cc2F)CC1. The zero-order valence-corrected chi connectivity index (χ0v) is 19.2. The van der Waals surface area contributed by atoms with Crippen molar-refractivity contribution < 1.29 is 28.2 Å². The highest BCUT2D eigenvalue weighted by molar-refractivity contribution is 5.92. The van der Waals surface area contributed by atoms with E-state index in [1.54, 1.807) is 24.3 Å². The zero-order chi connectivity index (χ0) is 25.2. The van der Waals surface area contributed by atoms with E-state index in [2.05, 4.69) is 0 Å². The number of hydrogen-bond acceptors (Lipinski definition) is 3. The van der Waals surface area contributed by atoms with Crippen molar-refractivity contribution in [1.29, 1.82) is 0 Å². The van der Waals surface area contributed by atoms with Crippen molar-refractivity contribution >= 4 is 12.0 Å². The lowest BCUT2D eigenvalue weighted by Crippen LogP contribution is -2.37.